The first-order chi connectivity index (χ1) is 16.6. The number of fused-ring (bicyclic) bond motifs is 1. The third-order valence-electron chi connectivity index (χ3n) is 8.87. The molecule has 4 saturated carbocycles. The van der Waals surface area contributed by atoms with Crippen LogP contribution in [0.2, 0.25) is 0 Å². The monoisotopic (exact) mass is 450 g/mol. The maximum absolute atomic E-state index is 13.9. The van der Waals surface area contributed by atoms with E-state index in [1.54, 1.807) is 6.33 Å². The number of anilines is 3. The minimum atomic E-state index is -0.187. The topological polar surface area (TPSA) is 102 Å². The SMILES string of the molecule is Nc1cc2cccc3c2c(c1Nc1nc2nc[nH]c2c(=O)n1C12CC4CC(CC(C4)C1)C2)C=C3. The molecule has 4 fully saturated rings. The number of nitrogens with two attached hydrogens (primary N) is 1. The number of aromatic amines is 1. The lowest BCUT2D eigenvalue weighted by Gasteiger charge is -2.57. The number of rotatable bonds is 3. The molecule has 0 saturated heterocycles. The lowest BCUT2D eigenvalue weighted by atomic mass is 9.53. The van der Waals surface area contributed by atoms with Gasteiger partial charge in [-0.1, -0.05) is 30.4 Å². The summed E-state index contributed by atoms with van der Waals surface area (Å²) in [5, 5.41) is 5.86. The lowest BCUT2D eigenvalue weighted by molar-refractivity contribution is -0.0438. The number of aromatic nitrogens is 4. The van der Waals surface area contributed by atoms with E-state index < -0.39 is 0 Å². The van der Waals surface area contributed by atoms with Crippen LogP contribution in [0.3, 0.4) is 0 Å². The van der Waals surface area contributed by atoms with Crippen molar-refractivity contribution < 1.29 is 0 Å². The summed E-state index contributed by atoms with van der Waals surface area (Å²) in [4.78, 5) is 26.2. The Morgan fingerprint density at radius 2 is 1.85 bits per heavy atom. The summed E-state index contributed by atoms with van der Waals surface area (Å²) in [5.74, 6) is 2.68. The summed E-state index contributed by atoms with van der Waals surface area (Å²) in [6.45, 7) is 0. The number of nitrogens with zero attached hydrogens (tertiary/aromatic N) is 3. The van der Waals surface area contributed by atoms with Crippen molar-refractivity contribution >= 4 is 51.4 Å². The van der Waals surface area contributed by atoms with Gasteiger partial charge in [-0.25, -0.2) is 4.98 Å². The van der Waals surface area contributed by atoms with Crippen LogP contribution < -0.4 is 16.6 Å². The largest absolute Gasteiger partial charge is 0.397 e. The summed E-state index contributed by atoms with van der Waals surface area (Å²) in [6, 6.07) is 8.28. The smallest absolute Gasteiger partial charge is 0.281 e. The van der Waals surface area contributed by atoms with Crippen LogP contribution in [0.5, 0.6) is 0 Å². The van der Waals surface area contributed by atoms with Gasteiger partial charge in [0.15, 0.2) is 11.2 Å². The molecule has 9 rings (SSSR count). The second-order valence-corrected chi connectivity index (χ2v) is 11.0. The molecule has 2 aromatic carbocycles. The molecule has 0 radical (unpaired) electrons. The first-order valence-corrected chi connectivity index (χ1v) is 12.3. The van der Waals surface area contributed by atoms with Gasteiger partial charge in [-0.2, -0.15) is 4.98 Å². The van der Waals surface area contributed by atoms with Crippen molar-refractivity contribution in [3.63, 3.8) is 0 Å². The third kappa shape index (κ3) is 2.39. The highest BCUT2D eigenvalue weighted by atomic mass is 16.1. The molecular weight excluding hydrogens is 424 g/mol. The van der Waals surface area contributed by atoms with Gasteiger partial charge in [0.1, 0.15) is 0 Å². The van der Waals surface area contributed by atoms with E-state index in [0.717, 1.165) is 35.9 Å². The molecule has 5 aliphatic rings. The molecule has 7 nitrogen and oxygen atoms in total. The molecular formula is C27H26N6O. The van der Waals surface area contributed by atoms with Crippen molar-refractivity contribution in [2.75, 3.05) is 11.1 Å². The van der Waals surface area contributed by atoms with E-state index in [1.165, 1.54) is 30.2 Å². The fourth-order valence-electron chi connectivity index (χ4n) is 8.02. The molecule has 4 aromatic rings. The van der Waals surface area contributed by atoms with E-state index in [4.69, 9.17) is 10.7 Å². The number of hydrogen-bond acceptors (Lipinski definition) is 5. The maximum atomic E-state index is 13.9. The molecule has 2 heterocycles. The number of imidazole rings is 1. The lowest BCUT2D eigenvalue weighted by Crippen LogP contribution is -2.55. The summed E-state index contributed by atoms with van der Waals surface area (Å²) >= 11 is 0. The Kier molecular flexibility index (Phi) is 3.47. The van der Waals surface area contributed by atoms with Crippen molar-refractivity contribution in [2.45, 2.75) is 44.1 Å². The zero-order valence-electron chi connectivity index (χ0n) is 18.8. The van der Waals surface area contributed by atoms with Crippen LogP contribution in [-0.2, 0) is 5.54 Å². The van der Waals surface area contributed by atoms with Gasteiger partial charge in [-0.15, -0.1) is 0 Å². The Morgan fingerprint density at radius 1 is 1.09 bits per heavy atom. The van der Waals surface area contributed by atoms with Crippen LogP contribution in [0.15, 0.2) is 35.4 Å². The Balaban J connectivity index is 1.36. The van der Waals surface area contributed by atoms with Crippen molar-refractivity contribution in [2.24, 2.45) is 17.8 Å². The van der Waals surface area contributed by atoms with Crippen LogP contribution in [0, 0.1) is 17.8 Å². The molecule has 5 aliphatic carbocycles. The van der Waals surface area contributed by atoms with E-state index in [-0.39, 0.29) is 11.1 Å². The fourth-order valence-corrected chi connectivity index (χ4v) is 8.02. The van der Waals surface area contributed by atoms with Gasteiger partial charge in [0.05, 0.1) is 23.2 Å². The minimum Gasteiger partial charge on any atom is -0.397 e. The first-order valence-electron chi connectivity index (χ1n) is 12.3. The van der Waals surface area contributed by atoms with E-state index in [1.807, 2.05) is 10.6 Å². The molecule has 4 bridgehead atoms. The van der Waals surface area contributed by atoms with E-state index >= 15 is 0 Å². The summed E-state index contributed by atoms with van der Waals surface area (Å²) in [5.41, 5.74) is 11.0. The molecule has 4 N–H and O–H groups in total. The zero-order valence-corrected chi connectivity index (χ0v) is 18.8. The van der Waals surface area contributed by atoms with Crippen LogP contribution in [0.4, 0.5) is 17.3 Å². The van der Waals surface area contributed by atoms with Gasteiger partial charge in [0.25, 0.3) is 5.56 Å². The van der Waals surface area contributed by atoms with Crippen molar-refractivity contribution in [1.82, 2.24) is 19.5 Å². The Morgan fingerprint density at radius 3 is 2.62 bits per heavy atom. The normalized spacial score (nSPS) is 28.4. The first kappa shape index (κ1) is 18.8. The number of hydrogen-bond donors (Lipinski definition) is 3. The predicted molar refractivity (Wildman–Crippen MR) is 135 cm³/mol. The molecule has 0 unspecified atom stereocenters. The van der Waals surface area contributed by atoms with Crippen LogP contribution >= 0.6 is 0 Å². The molecule has 7 heteroatoms. The van der Waals surface area contributed by atoms with E-state index in [9.17, 15) is 4.79 Å². The van der Waals surface area contributed by atoms with Crippen LogP contribution in [0.1, 0.15) is 49.7 Å². The molecule has 0 atom stereocenters. The highest BCUT2D eigenvalue weighted by Gasteiger charge is 2.53. The molecule has 0 spiro atoms. The Bertz CT molecular complexity index is 1570. The van der Waals surface area contributed by atoms with Gasteiger partial charge in [0, 0.05) is 5.56 Å². The van der Waals surface area contributed by atoms with Crippen LogP contribution in [0.25, 0.3) is 34.1 Å². The van der Waals surface area contributed by atoms with E-state index in [2.05, 4.69) is 45.6 Å². The summed E-state index contributed by atoms with van der Waals surface area (Å²) in [6.07, 6.45) is 12.9. The number of nitrogens with one attached hydrogen (secondary N) is 2. The average molecular weight is 451 g/mol. The number of benzene rings is 2. The van der Waals surface area contributed by atoms with Crippen LogP contribution in [-0.4, -0.2) is 19.5 Å². The van der Waals surface area contributed by atoms with Crippen molar-refractivity contribution in [1.29, 1.82) is 0 Å². The standard InChI is InChI=1S/C27H26N6O/c28-20-9-18-3-1-2-17-4-5-19(21(17)18)22(20)31-26-32-24-23(29-13-30-24)25(34)33(26)27-10-14-6-15(11-27)8-16(7-14)12-27/h1-5,9,13-16H,6-8,10-12,28H2,(H,29,30)(H,31,32). The number of nitrogen functional groups attached to an aromatic ring is 1. The fraction of sp³-hybridized carbons (Fsp3) is 0.370. The maximum Gasteiger partial charge on any atom is 0.281 e. The summed E-state index contributed by atoms with van der Waals surface area (Å²) in [7, 11) is 0. The van der Waals surface area contributed by atoms with Gasteiger partial charge in [-0.3, -0.25) is 9.36 Å². The van der Waals surface area contributed by atoms with Crippen molar-refractivity contribution in [3.05, 3.63) is 52.1 Å². The summed E-state index contributed by atoms with van der Waals surface area (Å²) < 4.78 is 1.99. The average Bonchev–Trinajstić information content (AvgIpc) is 3.44. The molecule has 0 aliphatic heterocycles. The minimum absolute atomic E-state index is 0.0287. The Hall–Kier alpha value is -3.61. The van der Waals surface area contributed by atoms with E-state index in [0.29, 0.717) is 40.6 Å². The third-order valence-corrected chi connectivity index (χ3v) is 8.87. The predicted octanol–water partition coefficient (Wildman–Crippen LogP) is 5.01. The highest BCUT2D eigenvalue weighted by molar-refractivity contribution is 6.11. The Labute approximate surface area is 196 Å². The second-order valence-electron chi connectivity index (χ2n) is 11.0. The van der Waals surface area contributed by atoms with Gasteiger partial charge in [-0.05, 0) is 78.7 Å². The molecule has 170 valence electrons. The zero-order chi connectivity index (χ0) is 22.6. The van der Waals surface area contributed by atoms with Crippen molar-refractivity contribution in [3.8, 4) is 0 Å². The quantitative estimate of drug-likeness (QED) is 0.336. The van der Waals surface area contributed by atoms with Gasteiger partial charge < -0.3 is 16.0 Å². The molecule has 0 amide bonds. The highest BCUT2D eigenvalue weighted by Crippen LogP contribution is 2.59. The van der Waals surface area contributed by atoms with Gasteiger partial charge in [0.2, 0.25) is 5.95 Å². The van der Waals surface area contributed by atoms with Gasteiger partial charge >= 0.3 is 0 Å². The molecule has 2 aromatic heterocycles. The number of H-pyrrole nitrogens is 1. The molecule has 34 heavy (non-hydrogen) atoms. The second kappa shape index (κ2) is 6.29.